The fraction of sp³-hybridized carbons (Fsp3) is 0.143. The van der Waals surface area contributed by atoms with E-state index in [1.807, 2.05) is 0 Å². The summed E-state index contributed by atoms with van der Waals surface area (Å²) in [5.74, 6) is 2.93. The molecule has 0 spiro atoms. The number of halogens is 1. The Kier molecular flexibility index (Phi) is 3.65. The minimum atomic E-state index is -4.25. The minimum Gasteiger partial charge on any atom is -0.506 e. The molecule has 0 radical (unpaired) electrons. The number of amides is 1. The van der Waals surface area contributed by atoms with Gasteiger partial charge in [0.25, 0.3) is 5.91 Å². The number of aromatic hydroxyl groups is 1. The van der Waals surface area contributed by atoms with Gasteiger partial charge >= 0.3 is 10.2 Å². The molecular weight excluding hydrogens is 339 g/mol. The molecule has 0 saturated carbocycles. The predicted octanol–water partition coefficient (Wildman–Crippen LogP) is 0.474. The lowest BCUT2D eigenvalue weighted by atomic mass is 10.1. The molecule has 1 fully saturated rings. The topological polar surface area (TPSA) is 115 Å². The molecule has 2 aromatic rings. The first-order valence-corrected chi connectivity index (χ1v) is 8.11. The van der Waals surface area contributed by atoms with E-state index < -0.39 is 39.9 Å². The lowest BCUT2D eigenvalue weighted by Crippen LogP contribution is -2.30. The number of hydrogen-bond donors (Lipinski definition) is 3. The van der Waals surface area contributed by atoms with Crippen molar-refractivity contribution in [3.63, 3.8) is 0 Å². The van der Waals surface area contributed by atoms with Crippen molar-refractivity contribution in [2.24, 2.45) is 0 Å². The summed E-state index contributed by atoms with van der Waals surface area (Å²) in [6.45, 7) is 1.01. The Labute approximate surface area is 136 Å². The number of aromatic nitrogens is 2. The number of carbonyl (C=O) groups excluding carboxylic acids is 1. The normalized spacial score (nSPS) is 15.8. The van der Waals surface area contributed by atoms with E-state index in [9.17, 15) is 22.7 Å². The summed E-state index contributed by atoms with van der Waals surface area (Å²) >= 11 is 0. The number of anilines is 1. The molecule has 1 amide bonds. The lowest BCUT2D eigenvalue weighted by Gasteiger charge is -2.18. The van der Waals surface area contributed by atoms with Crippen LogP contribution in [-0.2, 0) is 15.0 Å². The Morgan fingerprint density at radius 2 is 2.17 bits per heavy atom. The van der Waals surface area contributed by atoms with Crippen LogP contribution in [0.2, 0.25) is 0 Å². The zero-order chi connectivity index (χ0) is 17.5. The van der Waals surface area contributed by atoms with Crippen LogP contribution in [0.4, 0.5) is 10.1 Å². The number of carbonyl (C=O) groups is 1. The summed E-state index contributed by atoms with van der Waals surface area (Å²) in [6, 6.07) is 3.87. The molecule has 8 nitrogen and oxygen atoms in total. The largest absolute Gasteiger partial charge is 0.506 e. The molecule has 10 heteroatoms. The van der Waals surface area contributed by atoms with Crippen LogP contribution in [-0.4, -0.2) is 36.2 Å². The van der Waals surface area contributed by atoms with Crippen molar-refractivity contribution in [1.82, 2.24) is 14.9 Å². The fourth-order valence-corrected chi connectivity index (χ4v) is 3.46. The van der Waals surface area contributed by atoms with Gasteiger partial charge in [0, 0.05) is 5.56 Å². The quantitative estimate of drug-likeness (QED) is 0.681. The van der Waals surface area contributed by atoms with Gasteiger partial charge < -0.3 is 5.11 Å². The highest BCUT2D eigenvalue weighted by atomic mass is 32.2. The summed E-state index contributed by atoms with van der Waals surface area (Å²) in [5.41, 5.74) is -0.0238. The van der Waals surface area contributed by atoms with Crippen LogP contribution in [0, 0.1) is 17.7 Å². The van der Waals surface area contributed by atoms with Crippen molar-refractivity contribution in [2.75, 3.05) is 10.8 Å². The zero-order valence-electron chi connectivity index (χ0n) is 12.3. The zero-order valence-corrected chi connectivity index (χ0v) is 13.1. The van der Waals surface area contributed by atoms with Crippen molar-refractivity contribution in [2.45, 2.75) is 6.92 Å². The van der Waals surface area contributed by atoms with E-state index >= 15 is 0 Å². The number of benzene rings is 1. The third-order valence-electron chi connectivity index (χ3n) is 3.28. The molecule has 1 aliphatic rings. The van der Waals surface area contributed by atoms with Crippen molar-refractivity contribution in [1.29, 1.82) is 0 Å². The molecule has 2 heterocycles. The van der Waals surface area contributed by atoms with Gasteiger partial charge in [0.2, 0.25) is 0 Å². The Hall–Kier alpha value is -3.06. The third-order valence-corrected chi connectivity index (χ3v) is 4.66. The first kappa shape index (κ1) is 15.8. The van der Waals surface area contributed by atoms with Crippen molar-refractivity contribution >= 4 is 21.8 Å². The minimum absolute atomic E-state index is 0.0437. The van der Waals surface area contributed by atoms with Gasteiger partial charge in [-0.25, -0.2) is 13.4 Å². The lowest BCUT2D eigenvalue weighted by molar-refractivity contribution is -0.117. The number of aromatic amines is 1. The SMILES string of the molecule is CC#Cc1cc(-c2ccc(O)c(N3CC(=O)NS3(=O)=O)c2F)n[nH]1. The van der Waals surface area contributed by atoms with E-state index in [1.54, 1.807) is 11.6 Å². The first-order chi connectivity index (χ1) is 11.3. The molecule has 124 valence electrons. The molecule has 1 saturated heterocycles. The number of phenolic OH excluding ortho intramolecular Hbond substituents is 1. The van der Waals surface area contributed by atoms with E-state index in [1.165, 1.54) is 12.1 Å². The summed E-state index contributed by atoms with van der Waals surface area (Å²) < 4.78 is 40.8. The average molecular weight is 350 g/mol. The van der Waals surface area contributed by atoms with Gasteiger partial charge in [-0.15, -0.1) is 0 Å². The number of nitrogens with zero attached hydrogens (tertiary/aromatic N) is 2. The number of phenols is 1. The molecule has 3 rings (SSSR count). The van der Waals surface area contributed by atoms with Crippen molar-refractivity contribution in [3.8, 4) is 28.8 Å². The monoisotopic (exact) mass is 350 g/mol. The van der Waals surface area contributed by atoms with Gasteiger partial charge in [-0.3, -0.25) is 9.89 Å². The Morgan fingerprint density at radius 1 is 1.42 bits per heavy atom. The molecule has 0 unspecified atom stereocenters. The van der Waals surface area contributed by atoms with E-state index in [0.29, 0.717) is 10.00 Å². The van der Waals surface area contributed by atoms with Crippen molar-refractivity contribution < 1.29 is 22.7 Å². The van der Waals surface area contributed by atoms with Gasteiger partial charge in [0.1, 0.15) is 23.7 Å². The molecule has 0 aliphatic carbocycles. The molecule has 24 heavy (non-hydrogen) atoms. The molecule has 0 atom stereocenters. The highest BCUT2D eigenvalue weighted by molar-refractivity contribution is 7.92. The number of rotatable bonds is 2. The smallest absolute Gasteiger partial charge is 0.326 e. The maximum absolute atomic E-state index is 14.8. The van der Waals surface area contributed by atoms with Crippen LogP contribution in [0.5, 0.6) is 5.75 Å². The summed E-state index contributed by atoms with van der Waals surface area (Å²) in [6.07, 6.45) is 0. The highest BCUT2D eigenvalue weighted by Gasteiger charge is 2.38. The second-order valence-corrected chi connectivity index (χ2v) is 6.47. The molecule has 1 aromatic carbocycles. The summed E-state index contributed by atoms with van der Waals surface area (Å²) in [5, 5.41) is 16.4. The Bertz CT molecular complexity index is 1000. The summed E-state index contributed by atoms with van der Waals surface area (Å²) in [7, 11) is -4.25. The standard InChI is InChI=1S/C14H11FN4O4S/c1-2-3-8-6-10(17-16-8)9-4-5-11(20)14(13(9)15)19-7-12(21)18-24(19,22)23/h4-6,20H,7H2,1H3,(H,16,17)(H,18,21). The van der Waals surface area contributed by atoms with Gasteiger partial charge in [0.05, 0.1) is 5.69 Å². The van der Waals surface area contributed by atoms with Gasteiger partial charge in [-0.1, -0.05) is 5.92 Å². The number of H-pyrrole nitrogens is 1. The number of nitrogens with one attached hydrogen (secondary N) is 2. The Balaban J connectivity index is 2.14. The fourth-order valence-electron chi connectivity index (χ4n) is 2.29. The average Bonchev–Trinajstić information content (AvgIpc) is 3.04. The molecular formula is C14H11FN4O4S. The molecule has 1 aliphatic heterocycles. The maximum atomic E-state index is 14.8. The van der Waals surface area contributed by atoms with Crippen molar-refractivity contribution in [3.05, 3.63) is 29.7 Å². The van der Waals surface area contributed by atoms with Crippen LogP contribution in [0.3, 0.4) is 0 Å². The van der Waals surface area contributed by atoms with E-state index in [-0.39, 0.29) is 11.3 Å². The van der Waals surface area contributed by atoms with Crippen LogP contribution in [0.25, 0.3) is 11.3 Å². The second kappa shape index (κ2) is 5.54. The van der Waals surface area contributed by atoms with Gasteiger partial charge in [-0.05, 0) is 31.0 Å². The van der Waals surface area contributed by atoms with Gasteiger partial charge in [0.15, 0.2) is 5.82 Å². The first-order valence-electron chi connectivity index (χ1n) is 6.67. The van der Waals surface area contributed by atoms with E-state index in [2.05, 4.69) is 22.0 Å². The second-order valence-electron chi connectivity index (χ2n) is 4.87. The molecule has 3 N–H and O–H groups in total. The third kappa shape index (κ3) is 2.55. The highest BCUT2D eigenvalue weighted by Crippen LogP contribution is 2.38. The van der Waals surface area contributed by atoms with E-state index in [4.69, 9.17) is 0 Å². The van der Waals surface area contributed by atoms with Crippen LogP contribution in [0.15, 0.2) is 18.2 Å². The Morgan fingerprint density at radius 3 is 2.79 bits per heavy atom. The van der Waals surface area contributed by atoms with Crippen LogP contribution >= 0.6 is 0 Å². The predicted molar refractivity (Wildman–Crippen MR) is 82.6 cm³/mol. The molecule has 0 bridgehead atoms. The molecule has 1 aromatic heterocycles. The van der Waals surface area contributed by atoms with Crippen LogP contribution in [0.1, 0.15) is 12.6 Å². The van der Waals surface area contributed by atoms with Gasteiger partial charge in [-0.2, -0.15) is 13.5 Å². The summed E-state index contributed by atoms with van der Waals surface area (Å²) in [4.78, 5) is 11.3. The number of hydrogen-bond acceptors (Lipinski definition) is 5. The van der Waals surface area contributed by atoms with Crippen LogP contribution < -0.4 is 9.03 Å². The van der Waals surface area contributed by atoms with E-state index in [0.717, 1.165) is 6.07 Å². The maximum Gasteiger partial charge on any atom is 0.326 e.